The second kappa shape index (κ2) is 8.74. The lowest BCUT2D eigenvalue weighted by atomic mass is 10.3. The molecule has 0 atom stereocenters. The third kappa shape index (κ3) is 4.92. The van der Waals surface area contributed by atoms with E-state index in [4.69, 9.17) is 4.74 Å². The lowest BCUT2D eigenvalue weighted by Crippen LogP contribution is -2.32. The smallest absolute Gasteiger partial charge is 0.266 e. The topological polar surface area (TPSA) is 103 Å². The van der Waals surface area contributed by atoms with Gasteiger partial charge in [-0.25, -0.2) is 22.8 Å². The normalized spacial score (nSPS) is 11.6. The van der Waals surface area contributed by atoms with Gasteiger partial charge >= 0.3 is 0 Å². The van der Waals surface area contributed by atoms with Crippen molar-refractivity contribution in [1.82, 2.24) is 19.5 Å². The van der Waals surface area contributed by atoms with Crippen molar-refractivity contribution in [3.05, 3.63) is 55.9 Å². The first kappa shape index (κ1) is 21.6. The maximum absolute atomic E-state index is 12.6. The molecule has 11 heteroatoms. The van der Waals surface area contributed by atoms with Crippen LogP contribution in [0.1, 0.15) is 10.7 Å². The van der Waals surface area contributed by atoms with Gasteiger partial charge in [0.1, 0.15) is 16.3 Å². The minimum Gasteiger partial charge on any atom is -0.495 e. The highest BCUT2D eigenvalue weighted by molar-refractivity contribution is 9.10. The molecule has 0 radical (unpaired) electrons. The summed E-state index contributed by atoms with van der Waals surface area (Å²) in [4.78, 5) is 17.4. The molecule has 0 aliphatic rings. The van der Waals surface area contributed by atoms with E-state index in [-0.39, 0.29) is 29.3 Å². The number of ether oxygens (including phenoxy) is 1. The summed E-state index contributed by atoms with van der Waals surface area (Å²) < 4.78 is 34.8. The molecule has 3 rings (SSSR count). The lowest BCUT2D eigenvalue weighted by Gasteiger charge is -2.12. The van der Waals surface area contributed by atoms with Crippen LogP contribution in [0.3, 0.4) is 0 Å². The summed E-state index contributed by atoms with van der Waals surface area (Å²) in [6.07, 6.45) is 0. The largest absolute Gasteiger partial charge is 0.495 e. The van der Waals surface area contributed by atoms with E-state index in [1.54, 1.807) is 18.2 Å². The molecule has 3 aromatic rings. The molecule has 29 heavy (non-hydrogen) atoms. The van der Waals surface area contributed by atoms with Crippen LogP contribution >= 0.6 is 27.3 Å². The number of halogens is 1. The number of aromatic nitrogens is 3. The summed E-state index contributed by atoms with van der Waals surface area (Å²) in [6, 6.07) is 7.78. The number of nitrogens with zero attached hydrogens (tertiary/aromatic N) is 3. The van der Waals surface area contributed by atoms with Crippen molar-refractivity contribution in [2.45, 2.75) is 25.3 Å². The molecule has 0 bridgehead atoms. The van der Waals surface area contributed by atoms with Crippen molar-refractivity contribution in [2.24, 2.45) is 0 Å². The summed E-state index contributed by atoms with van der Waals surface area (Å²) >= 11 is 4.76. The molecule has 0 aliphatic carbocycles. The molecule has 0 spiro atoms. The zero-order chi connectivity index (χ0) is 21.2. The molecule has 0 unspecified atom stereocenters. The van der Waals surface area contributed by atoms with E-state index in [0.717, 1.165) is 15.6 Å². The van der Waals surface area contributed by atoms with Crippen molar-refractivity contribution in [2.75, 3.05) is 13.7 Å². The highest BCUT2D eigenvalue weighted by Crippen LogP contribution is 2.28. The van der Waals surface area contributed by atoms with E-state index in [0.29, 0.717) is 10.2 Å². The first-order valence-corrected chi connectivity index (χ1v) is 11.7. The Kier molecular flexibility index (Phi) is 6.52. The van der Waals surface area contributed by atoms with Gasteiger partial charge in [0.25, 0.3) is 5.56 Å². The number of benzene rings is 1. The molecule has 0 aliphatic heterocycles. The maximum atomic E-state index is 12.6. The maximum Gasteiger partial charge on any atom is 0.266 e. The Balaban J connectivity index is 1.78. The summed E-state index contributed by atoms with van der Waals surface area (Å²) in [5.41, 5.74) is 1.16. The standard InChI is InChI=1S/C18H19BrN4O4S2/c1-11-18(28-12(2)21-11)14-5-7-17(24)23(22-14)9-8-20-29(25,26)16-10-13(19)4-6-15(16)27-3/h4-7,10,20H,8-9H2,1-3H3. The predicted molar refractivity (Wildman–Crippen MR) is 115 cm³/mol. The zero-order valence-corrected chi connectivity index (χ0v) is 19.2. The Hall–Kier alpha value is -2.08. The summed E-state index contributed by atoms with van der Waals surface area (Å²) in [5.74, 6) is 0.231. The van der Waals surface area contributed by atoms with Gasteiger partial charge in [-0.1, -0.05) is 15.9 Å². The van der Waals surface area contributed by atoms with Crippen LogP contribution in [0.2, 0.25) is 0 Å². The zero-order valence-electron chi connectivity index (χ0n) is 16.0. The molecule has 1 N–H and O–H groups in total. The number of sulfonamides is 1. The van der Waals surface area contributed by atoms with Gasteiger partial charge in [-0.05, 0) is 38.1 Å². The predicted octanol–water partition coefficient (Wildman–Crippen LogP) is 2.73. The Labute approximate surface area is 180 Å². The third-order valence-electron chi connectivity index (χ3n) is 4.03. The number of hydrogen-bond donors (Lipinski definition) is 1. The quantitative estimate of drug-likeness (QED) is 0.537. The number of hydrogen-bond acceptors (Lipinski definition) is 7. The average molecular weight is 499 g/mol. The van der Waals surface area contributed by atoms with Gasteiger partial charge in [-0.2, -0.15) is 5.10 Å². The average Bonchev–Trinajstić information content (AvgIpc) is 3.01. The van der Waals surface area contributed by atoms with E-state index in [1.807, 2.05) is 13.8 Å². The fraction of sp³-hybridized carbons (Fsp3) is 0.278. The Morgan fingerprint density at radius 1 is 1.24 bits per heavy atom. The van der Waals surface area contributed by atoms with Gasteiger partial charge in [0.05, 0.1) is 29.2 Å². The molecule has 8 nitrogen and oxygen atoms in total. The minimum atomic E-state index is -3.83. The summed E-state index contributed by atoms with van der Waals surface area (Å²) in [6.45, 7) is 3.87. The molecule has 0 fully saturated rings. The van der Waals surface area contributed by atoms with E-state index in [9.17, 15) is 13.2 Å². The van der Waals surface area contributed by atoms with Crippen LogP contribution in [0.15, 0.2) is 44.5 Å². The van der Waals surface area contributed by atoms with Crippen LogP contribution in [0.5, 0.6) is 5.75 Å². The van der Waals surface area contributed by atoms with Gasteiger partial charge < -0.3 is 4.74 Å². The number of rotatable bonds is 7. The molecule has 154 valence electrons. The number of thiazole rings is 1. The first-order chi connectivity index (χ1) is 13.7. The van der Waals surface area contributed by atoms with Gasteiger partial charge in [0.2, 0.25) is 10.0 Å². The highest BCUT2D eigenvalue weighted by Gasteiger charge is 2.20. The Morgan fingerprint density at radius 3 is 2.66 bits per heavy atom. The number of methoxy groups -OCH3 is 1. The molecule has 1 aromatic carbocycles. The lowest BCUT2D eigenvalue weighted by molar-refractivity contribution is 0.402. The number of nitrogens with one attached hydrogen (secondary N) is 1. The van der Waals surface area contributed by atoms with Crippen LogP contribution < -0.4 is 15.0 Å². The van der Waals surface area contributed by atoms with Gasteiger partial charge in [0, 0.05) is 17.1 Å². The van der Waals surface area contributed by atoms with E-state index >= 15 is 0 Å². The number of aryl methyl sites for hydroxylation is 2. The van der Waals surface area contributed by atoms with Crippen LogP contribution in [0.4, 0.5) is 0 Å². The van der Waals surface area contributed by atoms with Crippen molar-refractivity contribution in [3.63, 3.8) is 0 Å². The van der Waals surface area contributed by atoms with E-state index in [2.05, 4.69) is 30.7 Å². The molecule has 0 saturated heterocycles. The van der Waals surface area contributed by atoms with Gasteiger partial charge in [-0.15, -0.1) is 11.3 Å². The fourth-order valence-electron chi connectivity index (χ4n) is 2.72. The van der Waals surface area contributed by atoms with E-state index < -0.39 is 10.0 Å². The van der Waals surface area contributed by atoms with E-state index in [1.165, 1.54) is 35.3 Å². The summed E-state index contributed by atoms with van der Waals surface area (Å²) in [5, 5.41) is 5.27. The summed E-state index contributed by atoms with van der Waals surface area (Å²) in [7, 11) is -2.43. The molecule has 2 heterocycles. The SMILES string of the molecule is COc1ccc(Br)cc1S(=O)(=O)NCCn1nc(-c2sc(C)nc2C)ccc1=O. The fourth-order valence-corrected chi connectivity index (χ4v) is 5.33. The van der Waals surface area contributed by atoms with Gasteiger partial charge in [0.15, 0.2) is 0 Å². The van der Waals surface area contributed by atoms with Crippen LogP contribution in [-0.4, -0.2) is 36.8 Å². The van der Waals surface area contributed by atoms with Crippen LogP contribution in [-0.2, 0) is 16.6 Å². The Bertz CT molecular complexity index is 1200. The third-order valence-corrected chi connectivity index (χ3v) is 7.10. The Morgan fingerprint density at radius 2 is 2.00 bits per heavy atom. The van der Waals surface area contributed by atoms with Crippen molar-refractivity contribution in [3.8, 4) is 16.3 Å². The first-order valence-electron chi connectivity index (χ1n) is 8.57. The van der Waals surface area contributed by atoms with Gasteiger partial charge in [-0.3, -0.25) is 4.79 Å². The van der Waals surface area contributed by atoms with Crippen molar-refractivity contribution in [1.29, 1.82) is 0 Å². The highest BCUT2D eigenvalue weighted by atomic mass is 79.9. The second-order valence-corrected chi connectivity index (χ2v) is 9.97. The molecule has 0 saturated carbocycles. The monoisotopic (exact) mass is 498 g/mol. The van der Waals surface area contributed by atoms with Crippen molar-refractivity contribution < 1.29 is 13.2 Å². The second-order valence-electron chi connectivity index (χ2n) is 6.12. The molecular weight excluding hydrogens is 480 g/mol. The minimum absolute atomic E-state index is 0.00490. The molecule has 2 aromatic heterocycles. The van der Waals surface area contributed by atoms with Crippen LogP contribution in [0.25, 0.3) is 10.6 Å². The van der Waals surface area contributed by atoms with Crippen LogP contribution in [0, 0.1) is 13.8 Å². The van der Waals surface area contributed by atoms with Crippen molar-refractivity contribution >= 4 is 37.3 Å². The molecule has 0 amide bonds. The molecular formula is C18H19BrN4O4S2.